The van der Waals surface area contributed by atoms with E-state index in [4.69, 9.17) is 4.74 Å². The molecular formula is C21H40O2. The highest BCUT2D eigenvalue weighted by molar-refractivity contribution is 5.69. The van der Waals surface area contributed by atoms with Crippen molar-refractivity contribution in [3.8, 4) is 0 Å². The third-order valence-corrected chi connectivity index (χ3v) is 4.30. The summed E-state index contributed by atoms with van der Waals surface area (Å²) in [4.78, 5) is 11.6. The first-order valence-electron chi connectivity index (χ1n) is 10.1. The minimum absolute atomic E-state index is 0.000367. The maximum Gasteiger partial charge on any atom is 0.305 e. The van der Waals surface area contributed by atoms with Crippen molar-refractivity contribution in [2.75, 3.05) is 6.61 Å². The second-order valence-electron chi connectivity index (χ2n) is 6.64. The lowest BCUT2D eigenvalue weighted by Crippen LogP contribution is -2.05. The number of esters is 1. The van der Waals surface area contributed by atoms with Gasteiger partial charge in [-0.25, -0.2) is 0 Å². The van der Waals surface area contributed by atoms with E-state index in [2.05, 4.69) is 13.5 Å². The van der Waals surface area contributed by atoms with Crippen molar-refractivity contribution in [1.82, 2.24) is 0 Å². The summed E-state index contributed by atoms with van der Waals surface area (Å²) in [5, 5.41) is 0. The van der Waals surface area contributed by atoms with E-state index < -0.39 is 0 Å². The van der Waals surface area contributed by atoms with Crippen LogP contribution in [0, 0.1) is 0 Å². The Morgan fingerprint density at radius 3 is 1.91 bits per heavy atom. The Balaban J connectivity index is 3.14. The zero-order valence-corrected chi connectivity index (χ0v) is 15.6. The standard InChI is InChI=1S/C21H40O2/c1-3-5-7-9-11-13-15-17-19-21(22)23-20-18-16-14-12-10-8-6-4-2/h3H,1,4-20H2,2H3. The highest BCUT2D eigenvalue weighted by Crippen LogP contribution is 2.10. The van der Waals surface area contributed by atoms with Gasteiger partial charge in [0.1, 0.15) is 0 Å². The SMILES string of the molecule is C=CCCCCCCCCC(=O)OCCCCCCCCCC. The van der Waals surface area contributed by atoms with Crippen LogP contribution in [0.5, 0.6) is 0 Å². The predicted molar refractivity (Wildman–Crippen MR) is 101 cm³/mol. The summed E-state index contributed by atoms with van der Waals surface area (Å²) in [6.07, 6.45) is 21.2. The Kier molecular flexibility index (Phi) is 18.6. The first-order chi connectivity index (χ1) is 11.3. The van der Waals surface area contributed by atoms with Crippen LogP contribution in [0.2, 0.25) is 0 Å². The minimum atomic E-state index is -0.000367. The number of allylic oxidation sites excluding steroid dienone is 1. The number of ether oxygens (including phenoxy) is 1. The van der Waals surface area contributed by atoms with Crippen molar-refractivity contribution in [2.24, 2.45) is 0 Å². The summed E-state index contributed by atoms with van der Waals surface area (Å²) in [6, 6.07) is 0. The van der Waals surface area contributed by atoms with Crippen molar-refractivity contribution in [1.29, 1.82) is 0 Å². The van der Waals surface area contributed by atoms with E-state index in [1.807, 2.05) is 6.08 Å². The van der Waals surface area contributed by atoms with Crippen LogP contribution in [0.1, 0.15) is 110 Å². The Bertz CT molecular complexity index is 261. The Hall–Kier alpha value is -0.790. The quantitative estimate of drug-likeness (QED) is 0.154. The average Bonchev–Trinajstić information content (AvgIpc) is 2.56. The van der Waals surface area contributed by atoms with E-state index in [9.17, 15) is 4.79 Å². The molecule has 0 atom stereocenters. The third kappa shape index (κ3) is 19.2. The van der Waals surface area contributed by atoms with Crippen molar-refractivity contribution in [3.63, 3.8) is 0 Å². The van der Waals surface area contributed by atoms with E-state index >= 15 is 0 Å². The molecule has 0 aliphatic heterocycles. The van der Waals surface area contributed by atoms with Gasteiger partial charge in [0, 0.05) is 6.42 Å². The third-order valence-electron chi connectivity index (χ3n) is 4.30. The molecule has 0 N–H and O–H groups in total. The lowest BCUT2D eigenvalue weighted by atomic mass is 10.1. The molecule has 2 nitrogen and oxygen atoms in total. The summed E-state index contributed by atoms with van der Waals surface area (Å²) in [7, 11) is 0. The van der Waals surface area contributed by atoms with E-state index in [0.717, 1.165) is 25.7 Å². The lowest BCUT2D eigenvalue weighted by molar-refractivity contribution is -0.143. The topological polar surface area (TPSA) is 26.3 Å². The molecule has 0 fully saturated rings. The van der Waals surface area contributed by atoms with Gasteiger partial charge in [-0.2, -0.15) is 0 Å². The summed E-state index contributed by atoms with van der Waals surface area (Å²) < 4.78 is 5.30. The van der Waals surface area contributed by atoms with E-state index in [1.165, 1.54) is 70.6 Å². The van der Waals surface area contributed by atoms with Crippen molar-refractivity contribution >= 4 is 5.97 Å². The molecule has 0 aliphatic carbocycles. The highest BCUT2D eigenvalue weighted by atomic mass is 16.5. The van der Waals surface area contributed by atoms with Crippen LogP contribution in [0.4, 0.5) is 0 Å². The molecule has 136 valence electrons. The molecule has 23 heavy (non-hydrogen) atoms. The molecule has 0 saturated carbocycles. The van der Waals surface area contributed by atoms with Gasteiger partial charge < -0.3 is 4.74 Å². The summed E-state index contributed by atoms with van der Waals surface area (Å²) in [5.41, 5.74) is 0. The molecule has 0 aromatic rings. The van der Waals surface area contributed by atoms with Crippen molar-refractivity contribution < 1.29 is 9.53 Å². The summed E-state index contributed by atoms with van der Waals surface area (Å²) in [5.74, 6) is -0.000367. The number of unbranched alkanes of at least 4 members (excludes halogenated alkanes) is 13. The summed E-state index contributed by atoms with van der Waals surface area (Å²) in [6.45, 7) is 6.60. The first-order valence-corrected chi connectivity index (χ1v) is 10.1. The fourth-order valence-corrected chi connectivity index (χ4v) is 2.76. The second-order valence-corrected chi connectivity index (χ2v) is 6.64. The monoisotopic (exact) mass is 324 g/mol. The Morgan fingerprint density at radius 2 is 1.30 bits per heavy atom. The number of carbonyl (C=O) groups is 1. The second kappa shape index (κ2) is 19.3. The van der Waals surface area contributed by atoms with Crippen LogP contribution in [-0.4, -0.2) is 12.6 Å². The van der Waals surface area contributed by atoms with Gasteiger partial charge in [0.05, 0.1) is 6.61 Å². The molecule has 0 aliphatic rings. The van der Waals surface area contributed by atoms with Crippen LogP contribution in [-0.2, 0) is 9.53 Å². The van der Waals surface area contributed by atoms with Crippen molar-refractivity contribution in [2.45, 2.75) is 110 Å². The molecule has 0 saturated heterocycles. The molecule has 0 heterocycles. The van der Waals surface area contributed by atoms with Gasteiger partial charge in [0.25, 0.3) is 0 Å². The molecule has 0 aromatic heterocycles. The molecular weight excluding hydrogens is 284 g/mol. The minimum Gasteiger partial charge on any atom is -0.466 e. The van der Waals surface area contributed by atoms with E-state index in [1.54, 1.807) is 0 Å². The molecule has 0 amide bonds. The average molecular weight is 325 g/mol. The van der Waals surface area contributed by atoms with Crippen LogP contribution in [0.25, 0.3) is 0 Å². The van der Waals surface area contributed by atoms with Gasteiger partial charge in [-0.3, -0.25) is 4.79 Å². The normalized spacial score (nSPS) is 10.7. The van der Waals surface area contributed by atoms with E-state index in [0.29, 0.717) is 13.0 Å². The van der Waals surface area contributed by atoms with Crippen LogP contribution in [0.3, 0.4) is 0 Å². The van der Waals surface area contributed by atoms with Gasteiger partial charge >= 0.3 is 5.97 Å². The maximum absolute atomic E-state index is 11.6. The Morgan fingerprint density at radius 1 is 0.783 bits per heavy atom. The molecule has 0 bridgehead atoms. The Labute approximate surface area is 145 Å². The van der Waals surface area contributed by atoms with Gasteiger partial charge in [0.15, 0.2) is 0 Å². The van der Waals surface area contributed by atoms with Gasteiger partial charge in [-0.1, -0.05) is 83.6 Å². The highest BCUT2D eigenvalue weighted by Gasteiger charge is 2.02. The molecule has 2 heteroatoms. The van der Waals surface area contributed by atoms with Crippen LogP contribution < -0.4 is 0 Å². The smallest absolute Gasteiger partial charge is 0.305 e. The van der Waals surface area contributed by atoms with Crippen molar-refractivity contribution in [3.05, 3.63) is 12.7 Å². The number of rotatable bonds is 18. The predicted octanol–water partition coefficient (Wildman–Crippen LogP) is 6.98. The zero-order chi connectivity index (χ0) is 17.0. The molecule has 0 aromatic carbocycles. The number of hydrogen-bond donors (Lipinski definition) is 0. The van der Waals surface area contributed by atoms with Crippen LogP contribution >= 0.6 is 0 Å². The molecule has 0 rings (SSSR count). The molecule has 0 radical (unpaired) electrons. The number of carbonyl (C=O) groups excluding carboxylic acids is 1. The van der Waals surface area contributed by atoms with Gasteiger partial charge in [-0.05, 0) is 25.7 Å². The lowest BCUT2D eigenvalue weighted by Gasteiger charge is -2.05. The fraction of sp³-hybridized carbons (Fsp3) is 0.857. The fourth-order valence-electron chi connectivity index (χ4n) is 2.76. The van der Waals surface area contributed by atoms with Gasteiger partial charge in [-0.15, -0.1) is 6.58 Å². The molecule has 0 unspecified atom stereocenters. The molecule has 0 spiro atoms. The first kappa shape index (κ1) is 22.2. The summed E-state index contributed by atoms with van der Waals surface area (Å²) >= 11 is 0. The van der Waals surface area contributed by atoms with Crippen LogP contribution in [0.15, 0.2) is 12.7 Å². The van der Waals surface area contributed by atoms with Gasteiger partial charge in [0.2, 0.25) is 0 Å². The van der Waals surface area contributed by atoms with E-state index in [-0.39, 0.29) is 5.97 Å². The largest absolute Gasteiger partial charge is 0.466 e. The zero-order valence-electron chi connectivity index (χ0n) is 15.6. The maximum atomic E-state index is 11.6. The number of hydrogen-bond acceptors (Lipinski definition) is 2.